The van der Waals surface area contributed by atoms with E-state index in [1.165, 1.54) is 6.26 Å². The SMILES string of the molecule is CC(=NNC(=O)c1ccco1)c1cccc(NC(=O)C2CC2)c1. The third kappa shape index (κ3) is 3.85. The molecule has 1 aromatic heterocycles. The molecule has 6 nitrogen and oxygen atoms in total. The summed E-state index contributed by atoms with van der Waals surface area (Å²) in [6, 6.07) is 10.6. The summed E-state index contributed by atoms with van der Waals surface area (Å²) in [7, 11) is 0. The standard InChI is InChI=1S/C17H17N3O3/c1-11(19-20-17(22)15-6-3-9-23-15)13-4-2-5-14(10-13)18-16(21)12-7-8-12/h2-6,9-10,12H,7-8H2,1H3,(H,18,21)(H,20,22). The summed E-state index contributed by atoms with van der Waals surface area (Å²) in [5.41, 5.74) is 4.62. The average Bonchev–Trinajstić information content (AvgIpc) is 3.27. The summed E-state index contributed by atoms with van der Waals surface area (Å²) in [6.07, 6.45) is 3.35. The maximum atomic E-state index is 11.8. The monoisotopic (exact) mass is 311 g/mol. The molecule has 2 N–H and O–H groups in total. The number of hydrogen-bond acceptors (Lipinski definition) is 4. The van der Waals surface area contributed by atoms with E-state index in [0.29, 0.717) is 5.71 Å². The Labute approximate surface area is 133 Å². The summed E-state index contributed by atoms with van der Waals surface area (Å²) in [5.74, 6) is 0.00315. The second-order valence-corrected chi connectivity index (χ2v) is 5.46. The number of rotatable bonds is 5. The molecule has 0 radical (unpaired) electrons. The van der Waals surface area contributed by atoms with Gasteiger partial charge in [0.15, 0.2) is 5.76 Å². The van der Waals surface area contributed by atoms with Gasteiger partial charge in [0.1, 0.15) is 0 Å². The molecule has 23 heavy (non-hydrogen) atoms. The fourth-order valence-electron chi connectivity index (χ4n) is 2.07. The highest BCUT2D eigenvalue weighted by Crippen LogP contribution is 2.30. The number of nitrogens with zero attached hydrogens (tertiary/aromatic N) is 1. The first-order chi connectivity index (χ1) is 11.1. The molecule has 0 aliphatic heterocycles. The van der Waals surface area contributed by atoms with Crippen LogP contribution >= 0.6 is 0 Å². The number of carbonyl (C=O) groups is 2. The third-order valence-corrected chi connectivity index (χ3v) is 3.57. The van der Waals surface area contributed by atoms with Gasteiger partial charge in [-0.3, -0.25) is 9.59 Å². The van der Waals surface area contributed by atoms with Gasteiger partial charge in [-0.05, 0) is 49.6 Å². The Morgan fingerprint density at radius 1 is 1.22 bits per heavy atom. The van der Waals surface area contributed by atoms with E-state index in [4.69, 9.17) is 4.42 Å². The highest BCUT2D eigenvalue weighted by Gasteiger charge is 2.29. The number of anilines is 1. The fraction of sp³-hybridized carbons (Fsp3) is 0.235. The Hall–Kier alpha value is -2.89. The first-order valence-electron chi connectivity index (χ1n) is 7.43. The Kier molecular flexibility index (Phi) is 4.23. The van der Waals surface area contributed by atoms with Gasteiger partial charge in [-0.2, -0.15) is 5.10 Å². The van der Waals surface area contributed by atoms with Crippen LogP contribution < -0.4 is 10.7 Å². The first-order valence-corrected chi connectivity index (χ1v) is 7.43. The van der Waals surface area contributed by atoms with E-state index in [0.717, 1.165) is 24.1 Å². The Balaban J connectivity index is 1.66. The number of hydrazone groups is 1. The molecule has 0 spiro atoms. The molecule has 118 valence electrons. The largest absolute Gasteiger partial charge is 0.459 e. The van der Waals surface area contributed by atoms with Crippen LogP contribution in [0.2, 0.25) is 0 Å². The minimum absolute atomic E-state index is 0.0582. The van der Waals surface area contributed by atoms with Crippen molar-refractivity contribution in [1.29, 1.82) is 0 Å². The van der Waals surface area contributed by atoms with Crippen molar-refractivity contribution in [3.63, 3.8) is 0 Å². The van der Waals surface area contributed by atoms with E-state index in [1.54, 1.807) is 19.1 Å². The summed E-state index contributed by atoms with van der Waals surface area (Å²) in [4.78, 5) is 23.6. The van der Waals surface area contributed by atoms with Crippen molar-refractivity contribution in [3.8, 4) is 0 Å². The molecule has 0 bridgehead atoms. The molecule has 0 saturated heterocycles. The summed E-state index contributed by atoms with van der Waals surface area (Å²) >= 11 is 0. The smallest absolute Gasteiger partial charge is 0.307 e. The van der Waals surface area contributed by atoms with Crippen LogP contribution in [0.1, 0.15) is 35.9 Å². The number of carbonyl (C=O) groups excluding carboxylic acids is 2. The number of hydrogen-bond donors (Lipinski definition) is 2. The molecule has 1 heterocycles. The van der Waals surface area contributed by atoms with Crippen LogP contribution in [0.3, 0.4) is 0 Å². The molecule has 2 amide bonds. The number of amides is 2. The Bertz CT molecular complexity index is 746. The third-order valence-electron chi connectivity index (χ3n) is 3.57. The maximum Gasteiger partial charge on any atom is 0.307 e. The predicted molar refractivity (Wildman–Crippen MR) is 86.2 cm³/mol. The van der Waals surface area contributed by atoms with E-state index in [1.807, 2.05) is 24.3 Å². The van der Waals surface area contributed by atoms with Gasteiger partial charge in [0.2, 0.25) is 5.91 Å². The van der Waals surface area contributed by atoms with Crippen LogP contribution in [0.4, 0.5) is 5.69 Å². The molecule has 6 heteroatoms. The lowest BCUT2D eigenvalue weighted by atomic mass is 10.1. The van der Waals surface area contributed by atoms with Crippen molar-refractivity contribution in [1.82, 2.24) is 5.43 Å². The molecule has 1 aliphatic carbocycles. The molecule has 3 rings (SSSR count). The van der Waals surface area contributed by atoms with Crippen molar-refractivity contribution in [3.05, 3.63) is 54.0 Å². The zero-order chi connectivity index (χ0) is 16.2. The number of furan rings is 1. The quantitative estimate of drug-likeness (QED) is 0.658. The molecule has 2 aromatic rings. The fourth-order valence-corrected chi connectivity index (χ4v) is 2.07. The van der Waals surface area contributed by atoms with Crippen LogP contribution in [0, 0.1) is 5.92 Å². The van der Waals surface area contributed by atoms with E-state index >= 15 is 0 Å². The van der Waals surface area contributed by atoms with Crippen LogP contribution in [-0.4, -0.2) is 17.5 Å². The van der Waals surface area contributed by atoms with Gasteiger partial charge in [-0.1, -0.05) is 12.1 Å². The van der Waals surface area contributed by atoms with Crippen LogP contribution in [0.5, 0.6) is 0 Å². The molecule has 0 atom stereocenters. The highest BCUT2D eigenvalue weighted by molar-refractivity contribution is 6.02. The zero-order valence-electron chi connectivity index (χ0n) is 12.7. The maximum absolute atomic E-state index is 11.8. The van der Waals surface area contributed by atoms with E-state index < -0.39 is 5.91 Å². The Morgan fingerprint density at radius 3 is 2.74 bits per heavy atom. The van der Waals surface area contributed by atoms with Crippen LogP contribution in [0.25, 0.3) is 0 Å². The van der Waals surface area contributed by atoms with Gasteiger partial charge < -0.3 is 9.73 Å². The van der Waals surface area contributed by atoms with Gasteiger partial charge in [0.25, 0.3) is 0 Å². The molecular weight excluding hydrogens is 294 g/mol. The summed E-state index contributed by atoms with van der Waals surface area (Å²) in [6.45, 7) is 1.78. The van der Waals surface area contributed by atoms with Crippen molar-refractivity contribution in [2.75, 3.05) is 5.32 Å². The van der Waals surface area contributed by atoms with Crippen molar-refractivity contribution < 1.29 is 14.0 Å². The van der Waals surface area contributed by atoms with Gasteiger partial charge in [-0.15, -0.1) is 0 Å². The predicted octanol–water partition coefficient (Wildman–Crippen LogP) is 2.78. The van der Waals surface area contributed by atoms with Crippen LogP contribution in [-0.2, 0) is 4.79 Å². The molecule has 0 unspecified atom stereocenters. The Morgan fingerprint density at radius 2 is 2.04 bits per heavy atom. The van der Waals surface area contributed by atoms with Crippen molar-refractivity contribution in [2.24, 2.45) is 11.0 Å². The summed E-state index contributed by atoms with van der Waals surface area (Å²) < 4.78 is 5.00. The van der Waals surface area contributed by atoms with E-state index in [9.17, 15) is 9.59 Å². The van der Waals surface area contributed by atoms with E-state index in [2.05, 4.69) is 15.8 Å². The number of nitrogens with one attached hydrogen (secondary N) is 2. The molecule has 1 saturated carbocycles. The van der Waals surface area contributed by atoms with Gasteiger partial charge >= 0.3 is 5.91 Å². The second-order valence-electron chi connectivity index (χ2n) is 5.46. The minimum atomic E-state index is -0.410. The highest BCUT2D eigenvalue weighted by atomic mass is 16.3. The van der Waals surface area contributed by atoms with Gasteiger partial charge in [0, 0.05) is 11.6 Å². The first kappa shape index (κ1) is 15.0. The van der Waals surface area contributed by atoms with Crippen molar-refractivity contribution >= 4 is 23.2 Å². The zero-order valence-corrected chi connectivity index (χ0v) is 12.7. The molecule has 1 fully saturated rings. The van der Waals surface area contributed by atoms with Crippen molar-refractivity contribution in [2.45, 2.75) is 19.8 Å². The van der Waals surface area contributed by atoms with E-state index in [-0.39, 0.29) is 17.6 Å². The second kappa shape index (κ2) is 6.48. The molecule has 1 aromatic carbocycles. The molecular formula is C17H17N3O3. The van der Waals surface area contributed by atoms with Gasteiger partial charge in [0.05, 0.1) is 12.0 Å². The van der Waals surface area contributed by atoms with Gasteiger partial charge in [-0.25, -0.2) is 5.43 Å². The average molecular weight is 311 g/mol. The summed E-state index contributed by atoms with van der Waals surface area (Å²) in [5, 5.41) is 6.95. The number of benzene rings is 1. The van der Waals surface area contributed by atoms with Crippen LogP contribution in [0.15, 0.2) is 52.2 Å². The lowest BCUT2D eigenvalue weighted by molar-refractivity contribution is -0.117. The topological polar surface area (TPSA) is 83.7 Å². The normalized spacial score (nSPS) is 14.4. The lowest BCUT2D eigenvalue weighted by Gasteiger charge is -2.07. The molecule has 1 aliphatic rings. The lowest BCUT2D eigenvalue weighted by Crippen LogP contribution is -2.18. The minimum Gasteiger partial charge on any atom is -0.459 e.